The van der Waals surface area contributed by atoms with Gasteiger partial charge < -0.3 is 20.0 Å². The Morgan fingerprint density at radius 2 is 1.97 bits per heavy atom. The number of benzene rings is 3. The summed E-state index contributed by atoms with van der Waals surface area (Å²) in [5.41, 5.74) is 5.65. The molecular weight excluding hydrogens is 442 g/mol. The molecule has 0 saturated carbocycles. The zero-order valence-corrected chi connectivity index (χ0v) is 19.1. The van der Waals surface area contributed by atoms with E-state index in [-0.39, 0.29) is 5.56 Å². The number of aromatic nitrogens is 6. The fraction of sp³-hybridized carbons (Fsp3) is 0.154. The second-order valence-corrected chi connectivity index (χ2v) is 8.41. The van der Waals surface area contributed by atoms with E-state index in [4.69, 9.17) is 9.72 Å². The number of rotatable bonds is 7. The average molecular weight is 466 g/mol. The highest BCUT2D eigenvalue weighted by Crippen LogP contribution is 2.30. The van der Waals surface area contributed by atoms with Crippen molar-refractivity contribution in [3.05, 3.63) is 77.0 Å². The fourth-order valence-electron chi connectivity index (χ4n) is 4.16. The van der Waals surface area contributed by atoms with Crippen LogP contribution in [0.2, 0.25) is 0 Å². The summed E-state index contributed by atoms with van der Waals surface area (Å²) in [6, 6.07) is 15.6. The number of nitrogens with one attached hydrogen (secondary N) is 4. The summed E-state index contributed by atoms with van der Waals surface area (Å²) in [5.74, 6) is 1.14. The van der Waals surface area contributed by atoms with Crippen LogP contribution in [-0.2, 0) is 6.54 Å². The van der Waals surface area contributed by atoms with Gasteiger partial charge in [-0.15, -0.1) is 0 Å². The van der Waals surface area contributed by atoms with E-state index in [0.717, 1.165) is 45.2 Å². The molecule has 0 aliphatic heterocycles. The van der Waals surface area contributed by atoms with Crippen molar-refractivity contribution in [3.63, 3.8) is 0 Å². The molecular formula is C26H23N7O2. The lowest BCUT2D eigenvalue weighted by Gasteiger charge is -2.14. The zero-order chi connectivity index (χ0) is 23.8. The van der Waals surface area contributed by atoms with E-state index in [9.17, 15) is 4.79 Å². The predicted molar refractivity (Wildman–Crippen MR) is 137 cm³/mol. The van der Waals surface area contributed by atoms with Crippen LogP contribution in [0.5, 0.6) is 5.75 Å². The first-order valence-electron chi connectivity index (χ1n) is 11.5. The Labute approximate surface area is 199 Å². The van der Waals surface area contributed by atoms with Crippen molar-refractivity contribution < 1.29 is 4.74 Å². The van der Waals surface area contributed by atoms with Gasteiger partial charge in [0.2, 0.25) is 0 Å². The van der Waals surface area contributed by atoms with Crippen molar-refractivity contribution in [2.24, 2.45) is 0 Å². The average Bonchev–Trinajstić information content (AvgIpc) is 3.54. The summed E-state index contributed by atoms with van der Waals surface area (Å²) in [5, 5.41) is 12.1. The van der Waals surface area contributed by atoms with Crippen molar-refractivity contribution in [2.45, 2.75) is 19.9 Å². The SMILES string of the molecule is CCCOc1ccc(CNc2ccc3cn[nH]c3c2)cc1-c1nc2cc3nc[nH]c3cc2c(=O)[nH]1. The van der Waals surface area contributed by atoms with Crippen molar-refractivity contribution >= 4 is 38.5 Å². The first-order valence-corrected chi connectivity index (χ1v) is 11.5. The maximum atomic E-state index is 13.0. The maximum Gasteiger partial charge on any atom is 0.259 e. The van der Waals surface area contributed by atoms with Crippen LogP contribution < -0.4 is 15.6 Å². The Bertz CT molecular complexity index is 1730. The highest BCUT2D eigenvalue weighted by molar-refractivity contribution is 5.93. The Hall–Kier alpha value is -4.66. The minimum atomic E-state index is -0.209. The van der Waals surface area contributed by atoms with E-state index in [0.29, 0.717) is 35.6 Å². The molecule has 6 rings (SSSR count). The van der Waals surface area contributed by atoms with Gasteiger partial charge in [0.1, 0.15) is 11.6 Å². The first kappa shape index (κ1) is 20.9. The molecule has 0 radical (unpaired) electrons. The van der Waals surface area contributed by atoms with Crippen molar-refractivity contribution in [3.8, 4) is 17.1 Å². The molecule has 0 spiro atoms. The highest BCUT2D eigenvalue weighted by atomic mass is 16.5. The minimum absolute atomic E-state index is 0.209. The summed E-state index contributed by atoms with van der Waals surface area (Å²) in [4.78, 5) is 28.0. The molecule has 174 valence electrons. The molecule has 3 aromatic heterocycles. The number of nitrogens with zero attached hydrogens (tertiary/aromatic N) is 3. The van der Waals surface area contributed by atoms with Crippen molar-refractivity contribution in [2.75, 3.05) is 11.9 Å². The van der Waals surface area contributed by atoms with E-state index in [1.54, 1.807) is 18.6 Å². The standard InChI is InChI=1S/C26H23N7O2/c1-2-7-35-24-6-3-15(12-27-17-5-4-16-13-30-33-20(16)9-17)8-19(24)25-31-21-11-23-22(28-14-29-23)10-18(21)26(34)32-25/h3-6,8-11,13-14,27H,2,7,12H2,1H3,(H,28,29)(H,30,33)(H,31,32,34). The van der Waals surface area contributed by atoms with Crippen molar-refractivity contribution in [1.29, 1.82) is 0 Å². The van der Waals surface area contributed by atoms with E-state index >= 15 is 0 Å². The predicted octanol–water partition coefficient (Wildman–Crippen LogP) is 4.74. The van der Waals surface area contributed by atoms with Gasteiger partial charge in [-0.05, 0) is 54.4 Å². The Morgan fingerprint density at radius 1 is 1.03 bits per heavy atom. The number of H-pyrrole nitrogens is 3. The van der Waals surface area contributed by atoms with E-state index in [2.05, 4.69) is 37.4 Å². The Morgan fingerprint density at radius 3 is 2.89 bits per heavy atom. The summed E-state index contributed by atoms with van der Waals surface area (Å²) < 4.78 is 6.00. The molecule has 0 atom stereocenters. The number of aromatic amines is 3. The molecule has 35 heavy (non-hydrogen) atoms. The fourth-order valence-corrected chi connectivity index (χ4v) is 4.16. The minimum Gasteiger partial charge on any atom is -0.493 e. The van der Waals surface area contributed by atoms with Crippen LogP contribution >= 0.6 is 0 Å². The maximum absolute atomic E-state index is 13.0. The van der Waals surface area contributed by atoms with Gasteiger partial charge in [0.15, 0.2) is 0 Å². The third kappa shape index (κ3) is 3.97. The molecule has 0 saturated heterocycles. The molecule has 9 nitrogen and oxygen atoms in total. The number of fused-ring (bicyclic) bond motifs is 3. The molecule has 0 amide bonds. The number of ether oxygens (including phenoxy) is 1. The van der Waals surface area contributed by atoms with Crippen LogP contribution in [0.3, 0.4) is 0 Å². The summed E-state index contributed by atoms with van der Waals surface area (Å²) in [7, 11) is 0. The lowest BCUT2D eigenvalue weighted by molar-refractivity contribution is 0.318. The zero-order valence-electron chi connectivity index (χ0n) is 19.1. The third-order valence-electron chi connectivity index (χ3n) is 5.95. The molecule has 6 aromatic rings. The van der Waals surface area contributed by atoms with Crippen molar-refractivity contribution in [1.82, 2.24) is 30.1 Å². The molecule has 0 fully saturated rings. The van der Waals surface area contributed by atoms with Gasteiger partial charge in [-0.3, -0.25) is 9.89 Å². The van der Waals surface area contributed by atoms with E-state index in [1.165, 1.54) is 0 Å². The van der Waals surface area contributed by atoms with Gasteiger partial charge in [0.05, 0.1) is 52.1 Å². The van der Waals surface area contributed by atoms with Gasteiger partial charge in [0, 0.05) is 17.6 Å². The number of imidazole rings is 1. The van der Waals surface area contributed by atoms with Gasteiger partial charge in [-0.1, -0.05) is 13.0 Å². The first-order chi connectivity index (χ1) is 17.2. The molecule has 4 N–H and O–H groups in total. The number of hydrogen-bond donors (Lipinski definition) is 4. The molecule has 0 bridgehead atoms. The second kappa shape index (κ2) is 8.60. The molecule has 0 aliphatic carbocycles. The summed E-state index contributed by atoms with van der Waals surface area (Å²) in [6.45, 7) is 3.21. The van der Waals surface area contributed by atoms with Crippen LogP contribution in [0.1, 0.15) is 18.9 Å². The third-order valence-corrected chi connectivity index (χ3v) is 5.95. The smallest absolute Gasteiger partial charge is 0.259 e. The van der Waals surface area contributed by atoms with Crippen LogP contribution in [0, 0.1) is 0 Å². The Kier molecular flexibility index (Phi) is 5.14. The highest BCUT2D eigenvalue weighted by Gasteiger charge is 2.14. The lowest BCUT2D eigenvalue weighted by Crippen LogP contribution is -2.11. The molecule has 0 unspecified atom stereocenters. The molecule has 0 aliphatic rings. The quantitative estimate of drug-likeness (QED) is 0.270. The van der Waals surface area contributed by atoms with Crippen LogP contribution in [0.4, 0.5) is 5.69 Å². The largest absolute Gasteiger partial charge is 0.493 e. The van der Waals surface area contributed by atoms with E-state index < -0.39 is 0 Å². The number of hydrogen-bond acceptors (Lipinski definition) is 6. The van der Waals surface area contributed by atoms with Gasteiger partial charge in [-0.25, -0.2) is 9.97 Å². The normalized spacial score (nSPS) is 11.5. The molecule has 3 heterocycles. The van der Waals surface area contributed by atoms with Gasteiger partial charge >= 0.3 is 0 Å². The Balaban J connectivity index is 1.37. The van der Waals surface area contributed by atoms with Gasteiger partial charge in [-0.2, -0.15) is 5.10 Å². The number of anilines is 1. The molecule has 3 aromatic carbocycles. The van der Waals surface area contributed by atoms with Crippen LogP contribution in [-0.4, -0.2) is 36.7 Å². The summed E-state index contributed by atoms with van der Waals surface area (Å²) in [6.07, 6.45) is 4.28. The van der Waals surface area contributed by atoms with Crippen LogP contribution in [0.15, 0.2) is 65.8 Å². The monoisotopic (exact) mass is 465 g/mol. The van der Waals surface area contributed by atoms with Crippen LogP contribution in [0.25, 0.3) is 44.2 Å². The van der Waals surface area contributed by atoms with Gasteiger partial charge in [0.25, 0.3) is 5.56 Å². The molecule has 9 heteroatoms. The lowest BCUT2D eigenvalue weighted by atomic mass is 10.1. The summed E-state index contributed by atoms with van der Waals surface area (Å²) >= 11 is 0. The second-order valence-electron chi connectivity index (χ2n) is 8.41. The van der Waals surface area contributed by atoms with E-state index in [1.807, 2.05) is 42.5 Å². The topological polar surface area (TPSA) is 124 Å².